The summed E-state index contributed by atoms with van der Waals surface area (Å²) in [6, 6.07) is 0. The van der Waals surface area contributed by atoms with E-state index in [2.05, 4.69) is 13.8 Å². The maximum atomic E-state index is 12.8. The minimum atomic E-state index is -0.706. The van der Waals surface area contributed by atoms with Gasteiger partial charge in [0, 0.05) is 16.7 Å². The van der Waals surface area contributed by atoms with E-state index in [0.717, 1.165) is 38.5 Å². The molecule has 1 aliphatic heterocycles. The fourth-order valence-corrected chi connectivity index (χ4v) is 8.22. The molecule has 4 nitrogen and oxygen atoms in total. The van der Waals surface area contributed by atoms with Crippen LogP contribution in [0.3, 0.4) is 0 Å². The molecule has 1 heterocycles. The van der Waals surface area contributed by atoms with Gasteiger partial charge in [0.15, 0.2) is 0 Å². The molecule has 134 valence electrons. The molecule has 5 aliphatic rings. The van der Waals surface area contributed by atoms with Gasteiger partial charge in [0.1, 0.15) is 5.60 Å². The van der Waals surface area contributed by atoms with Gasteiger partial charge in [-0.25, -0.2) is 0 Å². The Hall–Kier alpha value is -0.610. The zero-order chi connectivity index (χ0) is 17.2. The van der Waals surface area contributed by atoms with E-state index in [1.54, 1.807) is 0 Å². The molecule has 0 aromatic carbocycles. The van der Waals surface area contributed by atoms with Gasteiger partial charge in [-0.1, -0.05) is 6.92 Å². The lowest BCUT2D eigenvalue weighted by molar-refractivity contribution is -0.258. The van der Waals surface area contributed by atoms with Crippen molar-refractivity contribution in [2.24, 2.45) is 28.1 Å². The first kappa shape index (κ1) is 15.6. The Morgan fingerprint density at radius 1 is 1.17 bits per heavy atom. The van der Waals surface area contributed by atoms with Crippen molar-refractivity contribution in [3.05, 3.63) is 0 Å². The van der Waals surface area contributed by atoms with Crippen LogP contribution in [0, 0.1) is 28.1 Å². The summed E-state index contributed by atoms with van der Waals surface area (Å²) in [5.41, 5.74) is -2.10. The zero-order valence-corrected chi connectivity index (χ0v) is 15.1. The lowest BCUT2D eigenvalue weighted by Crippen LogP contribution is -2.69. The van der Waals surface area contributed by atoms with Crippen LogP contribution in [-0.2, 0) is 9.53 Å². The molecule has 4 saturated carbocycles. The molecule has 5 fully saturated rings. The van der Waals surface area contributed by atoms with Crippen molar-refractivity contribution < 1.29 is 19.7 Å². The summed E-state index contributed by atoms with van der Waals surface area (Å²) in [7, 11) is 0. The Morgan fingerprint density at radius 2 is 1.92 bits per heavy atom. The highest BCUT2D eigenvalue weighted by atomic mass is 16.6. The Labute approximate surface area is 144 Å². The van der Waals surface area contributed by atoms with Crippen molar-refractivity contribution in [3.63, 3.8) is 0 Å². The van der Waals surface area contributed by atoms with Crippen LogP contribution < -0.4 is 0 Å². The smallest absolute Gasteiger partial charge is 0.312 e. The van der Waals surface area contributed by atoms with Crippen molar-refractivity contribution in [1.82, 2.24) is 0 Å². The minimum Gasteiger partial charge on any atom is -0.458 e. The Kier molecular flexibility index (Phi) is 2.63. The zero-order valence-electron chi connectivity index (χ0n) is 15.1. The Balaban J connectivity index is 1.71. The first-order valence-electron chi connectivity index (χ1n) is 9.75. The van der Waals surface area contributed by atoms with Crippen LogP contribution in [0.1, 0.15) is 72.1 Å². The SMILES string of the molecule is C[C@]12CC[C@H]3C[C@@]1(C[C@]3(C)O)[C@@H](O)C[C@@H]1[C@]3(C)CCC[C@@]12OC3=O. The summed E-state index contributed by atoms with van der Waals surface area (Å²) in [6.45, 7) is 6.27. The van der Waals surface area contributed by atoms with Crippen molar-refractivity contribution in [2.75, 3.05) is 0 Å². The molecule has 0 aromatic heterocycles. The fourth-order valence-electron chi connectivity index (χ4n) is 8.22. The lowest BCUT2D eigenvalue weighted by Gasteiger charge is -2.66. The topological polar surface area (TPSA) is 66.8 Å². The van der Waals surface area contributed by atoms with Crippen LogP contribution in [0.2, 0.25) is 0 Å². The highest BCUT2D eigenvalue weighted by Gasteiger charge is 2.81. The molecule has 24 heavy (non-hydrogen) atoms. The van der Waals surface area contributed by atoms with E-state index in [1.807, 2.05) is 6.92 Å². The monoisotopic (exact) mass is 334 g/mol. The molecule has 4 bridgehead atoms. The minimum absolute atomic E-state index is 0.0395. The molecule has 0 radical (unpaired) electrons. The summed E-state index contributed by atoms with van der Waals surface area (Å²) in [5.74, 6) is 0.349. The highest BCUT2D eigenvalue weighted by Crippen LogP contribution is 2.78. The first-order chi connectivity index (χ1) is 11.1. The molecule has 8 atom stereocenters. The first-order valence-corrected chi connectivity index (χ1v) is 9.75. The van der Waals surface area contributed by atoms with Crippen LogP contribution in [0.4, 0.5) is 0 Å². The van der Waals surface area contributed by atoms with Gasteiger partial charge in [-0.05, 0) is 71.1 Å². The number of hydrogen-bond acceptors (Lipinski definition) is 4. The van der Waals surface area contributed by atoms with Crippen LogP contribution in [-0.4, -0.2) is 33.5 Å². The number of ether oxygens (including phenoxy) is 1. The second kappa shape index (κ2) is 4.03. The molecule has 2 N–H and O–H groups in total. The molecule has 4 aliphatic carbocycles. The van der Waals surface area contributed by atoms with Crippen molar-refractivity contribution >= 4 is 5.97 Å². The predicted octanol–water partition coefficient (Wildman–Crippen LogP) is 2.80. The summed E-state index contributed by atoms with van der Waals surface area (Å²) in [5, 5.41) is 22.3. The maximum absolute atomic E-state index is 12.8. The summed E-state index contributed by atoms with van der Waals surface area (Å²) in [4.78, 5) is 12.8. The molecule has 1 spiro atoms. The van der Waals surface area contributed by atoms with E-state index in [1.165, 1.54) is 0 Å². The molecule has 4 heteroatoms. The van der Waals surface area contributed by atoms with Gasteiger partial charge >= 0.3 is 5.97 Å². The standard InChI is InChI=1S/C20H30O4/c1-16-6-4-7-20(24-15(16)22)13(16)9-14(21)19-10-12(17(2,23)11-19)5-8-18(19,20)3/h12-14,21,23H,4-11H2,1-3H3/t12-,13+,14-,16-,17-,18-,19+,20+/m0/s1. The van der Waals surface area contributed by atoms with Crippen LogP contribution in [0.15, 0.2) is 0 Å². The predicted molar refractivity (Wildman–Crippen MR) is 88.0 cm³/mol. The van der Waals surface area contributed by atoms with Crippen LogP contribution >= 0.6 is 0 Å². The van der Waals surface area contributed by atoms with Crippen molar-refractivity contribution in [2.45, 2.75) is 89.4 Å². The van der Waals surface area contributed by atoms with Crippen LogP contribution in [0.25, 0.3) is 0 Å². The molecular weight excluding hydrogens is 304 g/mol. The third-order valence-electron chi connectivity index (χ3n) is 9.60. The van der Waals surface area contributed by atoms with Gasteiger partial charge in [-0.15, -0.1) is 0 Å². The normalized spacial score (nSPS) is 64.4. The van der Waals surface area contributed by atoms with Gasteiger partial charge in [0.25, 0.3) is 0 Å². The number of esters is 1. The number of hydrogen-bond donors (Lipinski definition) is 2. The van der Waals surface area contributed by atoms with Crippen molar-refractivity contribution in [3.8, 4) is 0 Å². The van der Waals surface area contributed by atoms with E-state index in [-0.39, 0.29) is 28.6 Å². The lowest BCUT2D eigenvalue weighted by atomic mass is 9.39. The molecule has 1 saturated heterocycles. The number of carbonyl (C=O) groups is 1. The number of carbonyl (C=O) groups excluding carboxylic acids is 1. The number of aliphatic hydroxyl groups is 2. The fraction of sp³-hybridized carbons (Fsp3) is 0.950. The molecule has 0 unspecified atom stereocenters. The van der Waals surface area contributed by atoms with Gasteiger partial charge in [-0.3, -0.25) is 4.79 Å². The largest absolute Gasteiger partial charge is 0.458 e. The summed E-state index contributed by atoms with van der Waals surface area (Å²) < 4.78 is 6.28. The second-order valence-electron chi connectivity index (χ2n) is 10.3. The van der Waals surface area contributed by atoms with E-state index in [9.17, 15) is 15.0 Å². The maximum Gasteiger partial charge on any atom is 0.312 e. The average molecular weight is 334 g/mol. The quantitative estimate of drug-likeness (QED) is 0.669. The highest BCUT2D eigenvalue weighted by molar-refractivity contribution is 5.81. The Morgan fingerprint density at radius 3 is 2.67 bits per heavy atom. The molecule has 0 amide bonds. The summed E-state index contributed by atoms with van der Waals surface area (Å²) >= 11 is 0. The average Bonchev–Trinajstić information content (AvgIpc) is 2.79. The van der Waals surface area contributed by atoms with Gasteiger partial charge < -0.3 is 14.9 Å². The molecule has 5 rings (SSSR count). The van der Waals surface area contributed by atoms with Crippen LogP contribution in [0.5, 0.6) is 0 Å². The van der Waals surface area contributed by atoms with E-state index < -0.39 is 22.7 Å². The van der Waals surface area contributed by atoms with E-state index >= 15 is 0 Å². The second-order valence-corrected chi connectivity index (χ2v) is 10.3. The number of fused-ring (bicyclic) bond motifs is 1. The molecule has 0 aromatic rings. The summed E-state index contributed by atoms with van der Waals surface area (Å²) in [6.07, 6.45) is 6.49. The molecular formula is C20H30O4. The van der Waals surface area contributed by atoms with Gasteiger partial charge in [0.05, 0.1) is 17.1 Å². The third-order valence-corrected chi connectivity index (χ3v) is 9.60. The van der Waals surface area contributed by atoms with Gasteiger partial charge in [0.2, 0.25) is 0 Å². The van der Waals surface area contributed by atoms with E-state index in [4.69, 9.17) is 4.74 Å². The number of aliphatic hydroxyl groups excluding tert-OH is 1. The third kappa shape index (κ3) is 1.34. The van der Waals surface area contributed by atoms with Gasteiger partial charge in [-0.2, -0.15) is 0 Å². The Bertz CT molecular complexity index is 629. The van der Waals surface area contributed by atoms with E-state index in [0.29, 0.717) is 12.8 Å². The number of rotatable bonds is 0. The van der Waals surface area contributed by atoms with Crippen molar-refractivity contribution in [1.29, 1.82) is 0 Å².